The summed E-state index contributed by atoms with van der Waals surface area (Å²) in [5.74, 6) is -1.17. The number of aromatic nitrogens is 1. The molecule has 0 radical (unpaired) electrons. The molecule has 2 amide bonds. The van der Waals surface area contributed by atoms with E-state index in [1.165, 1.54) is 127 Å². The fourth-order valence-electron chi connectivity index (χ4n) is 6.57. The van der Waals surface area contributed by atoms with E-state index >= 15 is 0 Å². The van der Waals surface area contributed by atoms with Gasteiger partial charge in [-0.15, -0.1) is 23.1 Å². The number of nitrogens with zero attached hydrogens (tertiary/aromatic N) is 3. The molecule has 1 aromatic heterocycles. The Balaban J connectivity index is 1.45. The van der Waals surface area contributed by atoms with Crippen molar-refractivity contribution in [3.8, 4) is 0 Å². The van der Waals surface area contributed by atoms with Gasteiger partial charge in [0.15, 0.2) is 10.8 Å². The smallest absolute Gasteiger partial charge is 0.355 e. The first-order valence-corrected chi connectivity index (χ1v) is 22.5. The van der Waals surface area contributed by atoms with Crippen molar-refractivity contribution in [3.63, 3.8) is 0 Å². The highest BCUT2D eigenvalue weighted by molar-refractivity contribution is 8.00. The van der Waals surface area contributed by atoms with E-state index in [0.29, 0.717) is 19.0 Å². The molecule has 306 valence electrons. The van der Waals surface area contributed by atoms with Gasteiger partial charge in [-0.05, 0) is 18.9 Å². The van der Waals surface area contributed by atoms with Gasteiger partial charge in [0.2, 0.25) is 0 Å². The summed E-state index contributed by atoms with van der Waals surface area (Å²) in [6, 6.07) is -0.860. The lowest BCUT2D eigenvalue weighted by Crippen LogP contribution is -2.70. The minimum atomic E-state index is -0.860. The Morgan fingerprint density at radius 2 is 1.39 bits per heavy atom. The van der Waals surface area contributed by atoms with Crippen molar-refractivity contribution in [1.82, 2.24) is 15.2 Å². The third-order valence-corrected chi connectivity index (χ3v) is 11.5. The second kappa shape index (κ2) is 27.8. The van der Waals surface area contributed by atoms with Gasteiger partial charge in [0.25, 0.3) is 11.8 Å². The van der Waals surface area contributed by atoms with Gasteiger partial charge in [-0.3, -0.25) is 14.5 Å². The van der Waals surface area contributed by atoms with Gasteiger partial charge in [-0.25, -0.2) is 9.78 Å². The topological polar surface area (TPSA) is 155 Å². The zero-order valence-electron chi connectivity index (χ0n) is 33.2. The van der Waals surface area contributed by atoms with Crippen molar-refractivity contribution < 1.29 is 33.4 Å². The van der Waals surface area contributed by atoms with Crippen molar-refractivity contribution in [1.29, 1.82) is 0 Å². The van der Waals surface area contributed by atoms with E-state index in [4.69, 9.17) is 24.8 Å². The minimum absolute atomic E-state index is 0.0915. The number of carbonyl (C=O) groups excluding carboxylic acids is 3. The summed E-state index contributed by atoms with van der Waals surface area (Å²) in [5.41, 5.74) is 6.06. The molecule has 1 fully saturated rings. The van der Waals surface area contributed by atoms with E-state index < -0.39 is 35.3 Å². The van der Waals surface area contributed by atoms with Crippen LogP contribution in [0.25, 0.3) is 0 Å². The lowest BCUT2D eigenvalue weighted by Gasteiger charge is -2.48. The number of hydrogen-bond donors (Lipinski definition) is 2. The number of nitrogens with two attached hydrogens (primary N) is 1. The Hall–Kier alpha value is -2.68. The Bertz CT molecular complexity index is 1260. The van der Waals surface area contributed by atoms with Crippen LogP contribution in [0, 0.1) is 0 Å². The lowest BCUT2D eigenvalue weighted by molar-refractivity contribution is -0.159. The molecule has 0 aliphatic carbocycles. The molecule has 1 unspecified atom stereocenters. The molecule has 1 saturated heterocycles. The van der Waals surface area contributed by atoms with Crippen LogP contribution in [0.3, 0.4) is 0 Å². The van der Waals surface area contributed by atoms with Gasteiger partial charge in [-0.2, -0.15) is 0 Å². The standard InChI is InChI=1S/C40H67N5O7S2/c1-4-6-8-10-12-14-16-18-20-22-25-50-28-31(29-51-26-23-21-19-17-15-13-11-9-7-5-2)52-39(48)33-24-27-53-38-35(37(47)45(33)38)43-36(46)34(44-49-3)32-30-54-40(41)42-32/h24,30-31,35,38H,4-23,25-29H2,1-3H3,(H2,41,42)(H,43,46)/t35?,38-/m1/s1. The normalized spacial score (nSPS) is 17.0. The minimum Gasteiger partial charge on any atom is -0.453 e. The van der Waals surface area contributed by atoms with Crippen molar-refractivity contribution >= 4 is 51.7 Å². The summed E-state index contributed by atoms with van der Waals surface area (Å²) in [7, 11) is 1.32. The highest BCUT2D eigenvalue weighted by atomic mass is 32.2. The van der Waals surface area contributed by atoms with Crippen LogP contribution in [0.15, 0.2) is 22.3 Å². The Morgan fingerprint density at radius 1 is 0.870 bits per heavy atom. The maximum Gasteiger partial charge on any atom is 0.355 e. The lowest BCUT2D eigenvalue weighted by atomic mass is 10.0. The zero-order valence-corrected chi connectivity index (χ0v) is 34.8. The summed E-state index contributed by atoms with van der Waals surface area (Å²) in [6.07, 6.45) is 26.0. The number of thiazole rings is 1. The Morgan fingerprint density at radius 3 is 1.87 bits per heavy atom. The molecular formula is C40H67N5O7S2. The first kappa shape index (κ1) is 45.7. The van der Waals surface area contributed by atoms with E-state index in [1.807, 2.05) is 0 Å². The molecule has 2 aliphatic rings. The number of nitrogens with one attached hydrogen (secondary N) is 1. The number of β-lactam (4-membered cyclic amide) rings is 1. The van der Waals surface area contributed by atoms with Gasteiger partial charge in [0.1, 0.15) is 36.0 Å². The number of ether oxygens (including phenoxy) is 3. The van der Waals surface area contributed by atoms with Crippen LogP contribution in [0.4, 0.5) is 5.13 Å². The number of fused-ring (bicyclic) bond motifs is 1. The monoisotopic (exact) mass is 793 g/mol. The van der Waals surface area contributed by atoms with E-state index in [-0.39, 0.29) is 35.4 Å². The van der Waals surface area contributed by atoms with Crippen LogP contribution in [0.1, 0.15) is 148 Å². The highest BCUT2D eigenvalue weighted by Crippen LogP contribution is 2.38. The summed E-state index contributed by atoms with van der Waals surface area (Å²) in [6.45, 7) is 6.13. The van der Waals surface area contributed by atoms with Crippen LogP contribution in [0.2, 0.25) is 0 Å². The van der Waals surface area contributed by atoms with Gasteiger partial charge in [-0.1, -0.05) is 135 Å². The molecule has 0 bridgehead atoms. The van der Waals surface area contributed by atoms with Crippen LogP contribution < -0.4 is 11.1 Å². The summed E-state index contributed by atoms with van der Waals surface area (Å²) >= 11 is 2.61. The second-order valence-corrected chi connectivity index (χ2v) is 16.2. The van der Waals surface area contributed by atoms with Crippen LogP contribution in [-0.2, 0) is 33.4 Å². The second-order valence-electron chi connectivity index (χ2n) is 14.2. The summed E-state index contributed by atoms with van der Waals surface area (Å²) in [4.78, 5) is 50.4. The predicted octanol–water partition coefficient (Wildman–Crippen LogP) is 8.15. The molecule has 3 rings (SSSR count). The molecule has 1 aromatic rings. The first-order chi connectivity index (χ1) is 26.4. The van der Waals surface area contributed by atoms with E-state index in [1.54, 1.807) is 11.5 Å². The number of hydrogen-bond acceptors (Lipinski definition) is 12. The molecule has 0 saturated carbocycles. The fourth-order valence-corrected chi connectivity index (χ4v) is 8.31. The molecular weight excluding hydrogens is 727 g/mol. The first-order valence-electron chi connectivity index (χ1n) is 20.6. The number of thioether (sulfide) groups is 1. The predicted molar refractivity (Wildman–Crippen MR) is 218 cm³/mol. The van der Waals surface area contributed by atoms with Crippen molar-refractivity contribution in [2.24, 2.45) is 5.16 Å². The number of rotatable bonds is 32. The molecule has 2 aliphatic heterocycles. The quantitative estimate of drug-likeness (QED) is 0.0240. The van der Waals surface area contributed by atoms with Gasteiger partial charge < -0.3 is 30.1 Å². The van der Waals surface area contributed by atoms with Crippen molar-refractivity contribution in [2.45, 2.75) is 160 Å². The number of unbranched alkanes of at least 4 members (excludes halogenated alkanes) is 18. The van der Waals surface area contributed by atoms with Gasteiger partial charge in [0, 0.05) is 24.3 Å². The molecule has 0 spiro atoms. The number of oxime groups is 1. The van der Waals surface area contributed by atoms with E-state index in [0.717, 1.165) is 37.0 Å². The van der Waals surface area contributed by atoms with Crippen LogP contribution in [0.5, 0.6) is 0 Å². The maximum atomic E-state index is 13.5. The van der Waals surface area contributed by atoms with Gasteiger partial charge in [0.05, 0.1) is 13.2 Å². The molecule has 3 N–H and O–H groups in total. The number of carbonyl (C=O) groups is 3. The highest BCUT2D eigenvalue weighted by Gasteiger charge is 2.53. The molecule has 54 heavy (non-hydrogen) atoms. The third kappa shape index (κ3) is 16.6. The molecule has 12 nitrogen and oxygen atoms in total. The number of esters is 1. The van der Waals surface area contributed by atoms with Crippen molar-refractivity contribution in [2.75, 3.05) is 45.0 Å². The summed E-state index contributed by atoms with van der Waals surface area (Å²) < 4.78 is 17.9. The fraction of sp³-hybridized carbons (Fsp3) is 0.775. The number of anilines is 1. The van der Waals surface area contributed by atoms with Crippen molar-refractivity contribution in [3.05, 3.63) is 22.8 Å². The largest absolute Gasteiger partial charge is 0.453 e. The van der Waals surface area contributed by atoms with Crippen LogP contribution >= 0.6 is 23.1 Å². The SMILES string of the molecule is CCCCCCCCCCCCOCC(COCCCCCCCCCCCC)OC(=O)C1=CCS[C@@H]2C(NC(=O)C(=NOC)c3csc(N)n3)C(=O)N12. The van der Waals surface area contributed by atoms with Crippen LogP contribution in [-0.4, -0.2) is 90.2 Å². The Kier molecular flexibility index (Phi) is 23.6. The molecule has 2 atom stereocenters. The zero-order chi connectivity index (χ0) is 38.8. The molecule has 3 heterocycles. The maximum absolute atomic E-state index is 13.5. The average molecular weight is 794 g/mol. The molecule has 0 aromatic carbocycles. The van der Waals surface area contributed by atoms with E-state index in [9.17, 15) is 14.4 Å². The van der Waals surface area contributed by atoms with E-state index in [2.05, 4.69) is 29.3 Å². The van der Waals surface area contributed by atoms with Gasteiger partial charge >= 0.3 is 5.97 Å². The molecule has 14 heteroatoms. The third-order valence-electron chi connectivity index (χ3n) is 9.67. The Labute approximate surface area is 332 Å². The number of nitrogen functional groups attached to an aromatic ring is 1. The average Bonchev–Trinajstić information content (AvgIpc) is 3.61. The summed E-state index contributed by atoms with van der Waals surface area (Å²) in [5, 5.41) is 7.92. The number of amides is 2.